The van der Waals surface area contributed by atoms with Crippen molar-refractivity contribution in [2.45, 2.75) is 6.92 Å². The lowest BCUT2D eigenvalue weighted by atomic mass is 10.1. The summed E-state index contributed by atoms with van der Waals surface area (Å²) in [7, 11) is 1.81. The highest BCUT2D eigenvalue weighted by Gasteiger charge is 2.15. The van der Waals surface area contributed by atoms with Crippen molar-refractivity contribution in [2.75, 3.05) is 5.32 Å². The molecular weight excluding hydrogens is 337 g/mol. The Morgan fingerprint density at radius 3 is 2.74 bits per heavy atom. The van der Waals surface area contributed by atoms with Gasteiger partial charge in [-0.2, -0.15) is 10.2 Å². The minimum Gasteiger partial charge on any atom is -0.318 e. The number of hydrogen-bond donors (Lipinski definition) is 2. The van der Waals surface area contributed by atoms with Gasteiger partial charge in [0.1, 0.15) is 5.69 Å². The number of benzene rings is 1. The fourth-order valence-corrected chi connectivity index (χ4v) is 2.59. The maximum Gasteiger partial charge on any atom is 0.273 e. The van der Waals surface area contributed by atoms with Crippen molar-refractivity contribution in [3.63, 3.8) is 0 Å². The predicted molar refractivity (Wildman–Crippen MR) is 89.9 cm³/mol. The van der Waals surface area contributed by atoms with E-state index in [0.717, 1.165) is 5.69 Å². The molecule has 0 aliphatic carbocycles. The molecule has 0 radical (unpaired) electrons. The highest BCUT2D eigenvalue weighted by Crippen LogP contribution is 2.29. The monoisotopic (exact) mass is 349 g/mol. The molecule has 0 aliphatic rings. The highest BCUT2D eigenvalue weighted by molar-refractivity contribution is 6.36. The summed E-state index contributed by atoms with van der Waals surface area (Å²) in [5.41, 5.74) is 3.11. The standard InChI is InChI=1S/C15H13Cl2N5O/c1-8-14(7-18-22(8)2)19-15(23)13-6-12(20-21-13)10-4-3-9(16)5-11(10)17/h3-7H,1-2H3,(H,19,23)(H,20,21). The van der Waals surface area contributed by atoms with E-state index in [9.17, 15) is 4.79 Å². The zero-order chi connectivity index (χ0) is 16.6. The van der Waals surface area contributed by atoms with Gasteiger partial charge in [0, 0.05) is 17.6 Å². The van der Waals surface area contributed by atoms with Gasteiger partial charge in [0.25, 0.3) is 5.91 Å². The maximum atomic E-state index is 12.3. The topological polar surface area (TPSA) is 75.6 Å². The molecule has 0 atom stereocenters. The van der Waals surface area contributed by atoms with E-state index in [1.165, 1.54) is 0 Å². The number of carbonyl (C=O) groups excluding carboxylic acids is 1. The van der Waals surface area contributed by atoms with E-state index in [4.69, 9.17) is 23.2 Å². The third-order valence-corrected chi connectivity index (χ3v) is 4.06. The molecule has 8 heteroatoms. The van der Waals surface area contributed by atoms with Gasteiger partial charge < -0.3 is 5.32 Å². The number of aromatic amines is 1. The van der Waals surface area contributed by atoms with Gasteiger partial charge in [0.05, 0.1) is 28.3 Å². The zero-order valence-corrected chi connectivity index (χ0v) is 13.9. The Labute approximate surface area is 142 Å². The van der Waals surface area contributed by atoms with Crippen molar-refractivity contribution in [1.29, 1.82) is 0 Å². The first-order valence-corrected chi connectivity index (χ1v) is 7.52. The van der Waals surface area contributed by atoms with Crippen LogP contribution in [0.4, 0.5) is 5.69 Å². The lowest BCUT2D eigenvalue weighted by Gasteiger charge is -2.02. The molecule has 2 N–H and O–H groups in total. The van der Waals surface area contributed by atoms with E-state index < -0.39 is 0 Å². The van der Waals surface area contributed by atoms with E-state index in [1.807, 2.05) is 14.0 Å². The number of halogens is 2. The van der Waals surface area contributed by atoms with Crippen LogP contribution in [-0.2, 0) is 7.05 Å². The molecule has 118 valence electrons. The van der Waals surface area contributed by atoms with Crippen LogP contribution in [0.15, 0.2) is 30.5 Å². The first-order chi connectivity index (χ1) is 11.0. The van der Waals surface area contributed by atoms with E-state index >= 15 is 0 Å². The van der Waals surface area contributed by atoms with Crippen LogP contribution in [0.1, 0.15) is 16.2 Å². The molecule has 0 saturated heterocycles. The lowest BCUT2D eigenvalue weighted by Crippen LogP contribution is -2.12. The van der Waals surface area contributed by atoms with Crippen molar-refractivity contribution >= 4 is 34.8 Å². The largest absolute Gasteiger partial charge is 0.318 e. The SMILES string of the molecule is Cc1c(NC(=O)c2cc(-c3ccc(Cl)cc3Cl)n[nH]2)cnn1C. The molecule has 0 spiro atoms. The van der Waals surface area contributed by atoms with Gasteiger partial charge in [0.15, 0.2) is 0 Å². The molecule has 0 unspecified atom stereocenters. The molecule has 0 fully saturated rings. The zero-order valence-electron chi connectivity index (χ0n) is 12.4. The Bertz CT molecular complexity index is 884. The quantitative estimate of drug-likeness (QED) is 0.757. The Morgan fingerprint density at radius 1 is 1.30 bits per heavy atom. The highest BCUT2D eigenvalue weighted by atomic mass is 35.5. The Balaban J connectivity index is 1.84. The lowest BCUT2D eigenvalue weighted by molar-refractivity contribution is 0.102. The summed E-state index contributed by atoms with van der Waals surface area (Å²) < 4.78 is 1.68. The fourth-order valence-electron chi connectivity index (χ4n) is 2.08. The Hall–Kier alpha value is -2.31. The number of H-pyrrole nitrogens is 1. The van der Waals surface area contributed by atoms with Crippen molar-refractivity contribution < 1.29 is 4.79 Å². The molecule has 2 aromatic heterocycles. The van der Waals surface area contributed by atoms with Gasteiger partial charge in [0.2, 0.25) is 0 Å². The van der Waals surface area contributed by atoms with Crippen molar-refractivity contribution in [1.82, 2.24) is 20.0 Å². The second kappa shape index (κ2) is 6.06. The summed E-state index contributed by atoms with van der Waals surface area (Å²) in [4.78, 5) is 12.3. The number of aromatic nitrogens is 4. The number of nitrogens with one attached hydrogen (secondary N) is 2. The third-order valence-electron chi connectivity index (χ3n) is 3.51. The number of hydrogen-bond acceptors (Lipinski definition) is 3. The predicted octanol–water partition coefficient (Wildman–Crippen LogP) is 3.68. The van der Waals surface area contributed by atoms with Crippen LogP contribution in [0, 0.1) is 6.92 Å². The summed E-state index contributed by atoms with van der Waals surface area (Å²) in [6.07, 6.45) is 1.60. The minimum absolute atomic E-state index is 0.301. The molecule has 0 bridgehead atoms. The Kier molecular flexibility index (Phi) is 4.11. The van der Waals surface area contributed by atoms with Gasteiger partial charge in [-0.3, -0.25) is 14.6 Å². The molecule has 2 heterocycles. The first-order valence-electron chi connectivity index (χ1n) is 6.76. The summed E-state index contributed by atoms with van der Waals surface area (Å²) in [5.74, 6) is -0.301. The molecule has 1 amide bonds. The van der Waals surface area contributed by atoms with Crippen molar-refractivity contribution in [2.24, 2.45) is 7.05 Å². The summed E-state index contributed by atoms with van der Waals surface area (Å²) >= 11 is 12.0. The van der Waals surface area contributed by atoms with E-state index in [0.29, 0.717) is 32.7 Å². The second-order valence-corrected chi connectivity index (χ2v) is 5.86. The average molecular weight is 350 g/mol. The molecule has 3 rings (SSSR count). The van der Waals surface area contributed by atoms with Crippen LogP contribution in [0.25, 0.3) is 11.3 Å². The number of aryl methyl sites for hydroxylation is 1. The smallest absolute Gasteiger partial charge is 0.273 e. The average Bonchev–Trinajstić information content (AvgIpc) is 3.10. The molecular formula is C15H13Cl2N5O. The van der Waals surface area contributed by atoms with Crippen LogP contribution < -0.4 is 5.32 Å². The maximum absolute atomic E-state index is 12.3. The molecule has 23 heavy (non-hydrogen) atoms. The number of carbonyl (C=O) groups is 1. The molecule has 0 aliphatic heterocycles. The van der Waals surface area contributed by atoms with Crippen LogP contribution in [0.5, 0.6) is 0 Å². The van der Waals surface area contributed by atoms with Crippen LogP contribution in [-0.4, -0.2) is 25.9 Å². The van der Waals surface area contributed by atoms with E-state index in [-0.39, 0.29) is 5.91 Å². The van der Waals surface area contributed by atoms with Crippen LogP contribution in [0.3, 0.4) is 0 Å². The van der Waals surface area contributed by atoms with Crippen molar-refractivity contribution in [3.8, 4) is 11.3 Å². The number of rotatable bonds is 3. The normalized spacial score (nSPS) is 10.8. The van der Waals surface area contributed by atoms with Crippen LogP contribution in [0.2, 0.25) is 10.0 Å². The Morgan fingerprint density at radius 2 is 2.09 bits per heavy atom. The van der Waals surface area contributed by atoms with Gasteiger partial charge in [-0.1, -0.05) is 23.2 Å². The van der Waals surface area contributed by atoms with Gasteiger partial charge >= 0.3 is 0 Å². The van der Waals surface area contributed by atoms with Crippen molar-refractivity contribution in [3.05, 3.63) is 51.9 Å². The van der Waals surface area contributed by atoms with Gasteiger partial charge in [-0.25, -0.2) is 0 Å². The number of anilines is 1. The molecule has 0 saturated carbocycles. The number of nitrogens with zero attached hydrogens (tertiary/aromatic N) is 3. The van der Waals surface area contributed by atoms with E-state index in [2.05, 4.69) is 20.6 Å². The minimum atomic E-state index is -0.301. The second-order valence-electron chi connectivity index (χ2n) is 5.01. The molecule has 6 nitrogen and oxygen atoms in total. The summed E-state index contributed by atoms with van der Waals surface area (Å²) in [5, 5.41) is 14.7. The van der Waals surface area contributed by atoms with E-state index in [1.54, 1.807) is 35.1 Å². The number of amides is 1. The summed E-state index contributed by atoms with van der Waals surface area (Å²) in [6, 6.07) is 6.74. The summed E-state index contributed by atoms with van der Waals surface area (Å²) in [6.45, 7) is 1.87. The fraction of sp³-hybridized carbons (Fsp3) is 0.133. The van der Waals surface area contributed by atoms with Crippen LogP contribution >= 0.6 is 23.2 Å². The third kappa shape index (κ3) is 3.09. The molecule has 3 aromatic rings. The first kappa shape index (κ1) is 15.6. The van der Waals surface area contributed by atoms with Gasteiger partial charge in [-0.15, -0.1) is 0 Å². The van der Waals surface area contributed by atoms with Gasteiger partial charge in [-0.05, 0) is 31.2 Å². The molecule has 1 aromatic carbocycles.